The minimum atomic E-state index is -0.726. The van der Waals surface area contributed by atoms with Crippen molar-refractivity contribution in [3.63, 3.8) is 0 Å². The van der Waals surface area contributed by atoms with Gasteiger partial charge in [-0.1, -0.05) is 49.4 Å². The molecule has 0 unspecified atom stereocenters. The first-order valence-electron chi connectivity index (χ1n) is 6.68. The van der Waals surface area contributed by atoms with Crippen molar-refractivity contribution in [3.05, 3.63) is 65.7 Å². The first kappa shape index (κ1) is 14.6. The molecule has 0 bridgehead atoms. The summed E-state index contributed by atoms with van der Waals surface area (Å²) >= 11 is 0. The Bertz CT molecular complexity index is 522. The van der Waals surface area contributed by atoms with Gasteiger partial charge in [-0.05, 0) is 23.3 Å². The SMILES string of the molecule is COc1ccc([C@@H](O)[C@H](C)[C@H](O)c2ccccc2)cc1. The van der Waals surface area contributed by atoms with E-state index in [9.17, 15) is 10.2 Å². The zero-order chi connectivity index (χ0) is 14.5. The van der Waals surface area contributed by atoms with Crippen LogP contribution in [0.2, 0.25) is 0 Å². The van der Waals surface area contributed by atoms with Crippen LogP contribution in [0.15, 0.2) is 54.6 Å². The predicted molar refractivity (Wildman–Crippen MR) is 78.5 cm³/mol. The molecule has 2 rings (SSSR count). The highest BCUT2D eigenvalue weighted by Gasteiger charge is 2.24. The Balaban J connectivity index is 2.13. The molecule has 0 aliphatic heterocycles. The van der Waals surface area contributed by atoms with Crippen molar-refractivity contribution < 1.29 is 14.9 Å². The van der Waals surface area contributed by atoms with E-state index in [1.165, 1.54) is 0 Å². The molecule has 106 valence electrons. The van der Waals surface area contributed by atoms with Gasteiger partial charge in [0.05, 0.1) is 19.3 Å². The van der Waals surface area contributed by atoms with Gasteiger partial charge in [0.15, 0.2) is 0 Å². The molecule has 0 saturated carbocycles. The van der Waals surface area contributed by atoms with Crippen LogP contribution in [-0.4, -0.2) is 17.3 Å². The summed E-state index contributed by atoms with van der Waals surface area (Å²) in [6, 6.07) is 16.6. The van der Waals surface area contributed by atoms with E-state index < -0.39 is 12.2 Å². The van der Waals surface area contributed by atoms with E-state index in [2.05, 4.69) is 0 Å². The Morgan fingerprint density at radius 3 is 1.80 bits per heavy atom. The fraction of sp³-hybridized carbons (Fsp3) is 0.294. The van der Waals surface area contributed by atoms with Crippen molar-refractivity contribution in [2.45, 2.75) is 19.1 Å². The first-order valence-corrected chi connectivity index (χ1v) is 6.68. The van der Waals surface area contributed by atoms with Crippen LogP contribution in [0.5, 0.6) is 5.75 Å². The van der Waals surface area contributed by atoms with E-state index in [4.69, 9.17) is 4.74 Å². The summed E-state index contributed by atoms with van der Waals surface area (Å²) in [5.74, 6) is 0.447. The van der Waals surface area contributed by atoms with Gasteiger partial charge in [-0.2, -0.15) is 0 Å². The van der Waals surface area contributed by atoms with Crippen LogP contribution in [0, 0.1) is 5.92 Å². The van der Waals surface area contributed by atoms with Crippen LogP contribution in [0.1, 0.15) is 30.3 Å². The molecule has 2 N–H and O–H groups in total. The van der Waals surface area contributed by atoms with Gasteiger partial charge in [-0.3, -0.25) is 0 Å². The number of hydrogen-bond donors (Lipinski definition) is 2. The summed E-state index contributed by atoms with van der Waals surface area (Å²) in [4.78, 5) is 0. The van der Waals surface area contributed by atoms with Gasteiger partial charge in [-0.15, -0.1) is 0 Å². The monoisotopic (exact) mass is 272 g/mol. The maximum absolute atomic E-state index is 10.4. The Morgan fingerprint density at radius 2 is 1.30 bits per heavy atom. The fourth-order valence-electron chi connectivity index (χ4n) is 2.23. The lowest BCUT2D eigenvalue weighted by atomic mass is 9.89. The Labute approximate surface area is 119 Å². The van der Waals surface area contributed by atoms with E-state index in [0.717, 1.165) is 16.9 Å². The minimum absolute atomic E-state index is 0.300. The highest BCUT2D eigenvalue weighted by molar-refractivity contribution is 5.29. The van der Waals surface area contributed by atoms with E-state index in [1.54, 1.807) is 19.2 Å². The number of hydrogen-bond acceptors (Lipinski definition) is 3. The van der Waals surface area contributed by atoms with Crippen molar-refractivity contribution in [2.75, 3.05) is 7.11 Å². The third-order valence-electron chi connectivity index (χ3n) is 3.59. The van der Waals surface area contributed by atoms with E-state index in [1.807, 2.05) is 49.4 Å². The van der Waals surface area contributed by atoms with E-state index >= 15 is 0 Å². The molecule has 0 radical (unpaired) electrons. The van der Waals surface area contributed by atoms with Gasteiger partial charge < -0.3 is 14.9 Å². The number of methoxy groups -OCH3 is 1. The molecular weight excluding hydrogens is 252 g/mol. The number of benzene rings is 2. The van der Waals surface area contributed by atoms with Gasteiger partial charge >= 0.3 is 0 Å². The lowest BCUT2D eigenvalue weighted by molar-refractivity contribution is 0.0199. The Morgan fingerprint density at radius 1 is 0.800 bits per heavy atom. The molecular formula is C17H20O3. The standard InChI is InChI=1S/C17H20O3/c1-12(16(18)13-6-4-3-5-7-13)17(19)14-8-10-15(20-2)11-9-14/h3-12,16-19H,1-2H3/t12-,16+,17+/m1/s1. The topological polar surface area (TPSA) is 49.7 Å². The predicted octanol–water partition coefficient (Wildman–Crippen LogP) is 3.10. The molecule has 20 heavy (non-hydrogen) atoms. The van der Waals surface area contributed by atoms with Gasteiger partial charge in [0.1, 0.15) is 5.75 Å². The molecule has 0 heterocycles. The summed E-state index contributed by atoms with van der Waals surface area (Å²) in [6.07, 6.45) is -1.43. The zero-order valence-corrected chi connectivity index (χ0v) is 11.7. The maximum Gasteiger partial charge on any atom is 0.118 e. The summed E-state index contributed by atoms with van der Waals surface area (Å²) in [7, 11) is 1.60. The van der Waals surface area contributed by atoms with Gasteiger partial charge in [0.25, 0.3) is 0 Å². The first-order chi connectivity index (χ1) is 9.63. The van der Waals surface area contributed by atoms with Crippen LogP contribution in [0.25, 0.3) is 0 Å². The highest BCUT2D eigenvalue weighted by Crippen LogP contribution is 2.32. The smallest absolute Gasteiger partial charge is 0.118 e. The molecule has 0 amide bonds. The zero-order valence-electron chi connectivity index (χ0n) is 11.7. The molecule has 3 nitrogen and oxygen atoms in total. The molecule has 0 saturated heterocycles. The second kappa shape index (κ2) is 6.55. The molecule has 0 fully saturated rings. The van der Waals surface area contributed by atoms with Crippen LogP contribution >= 0.6 is 0 Å². The third kappa shape index (κ3) is 3.18. The van der Waals surface area contributed by atoms with Gasteiger partial charge in [-0.25, -0.2) is 0 Å². The van der Waals surface area contributed by atoms with Crippen molar-refractivity contribution >= 4 is 0 Å². The molecule has 0 spiro atoms. The van der Waals surface area contributed by atoms with Crippen LogP contribution in [0.4, 0.5) is 0 Å². The lowest BCUT2D eigenvalue weighted by Gasteiger charge is -2.24. The van der Waals surface area contributed by atoms with Crippen molar-refractivity contribution in [3.8, 4) is 5.75 Å². The average Bonchev–Trinajstić information content (AvgIpc) is 2.53. The van der Waals surface area contributed by atoms with Crippen LogP contribution in [-0.2, 0) is 0 Å². The minimum Gasteiger partial charge on any atom is -0.497 e. The van der Waals surface area contributed by atoms with Crippen molar-refractivity contribution in [1.29, 1.82) is 0 Å². The summed E-state index contributed by atoms with van der Waals surface area (Å²) < 4.78 is 5.10. The second-order valence-electron chi connectivity index (χ2n) is 4.93. The van der Waals surface area contributed by atoms with E-state index in [0.29, 0.717) is 0 Å². The van der Waals surface area contributed by atoms with Crippen molar-refractivity contribution in [1.82, 2.24) is 0 Å². The molecule has 0 aliphatic rings. The van der Waals surface area contributed by atoms with Crippen LogP contribution < -0.4 is 4.74 Å². The molecule has 3 heteroatoms. The quantitative estimate of drug-likeness (QED) is 0.879. The van der Waals surface area contributed by atoms with E-state index in [-0.39, 0.29) is 5.92 Å². The Hall–Kier alpha value is -1.84. The fourth-order valence-corrected chi connectivity index (χ4v) is 2.23. The Kier molecular flexibility index (Phi) is 4.77. The second-order valence-corrected chi connectivity index (χ2v) is 4.93. The van der Waals surface area contributed by atoms with Gasteiger partial charge in [0.2, 0.25) is 0 Å². The molecule has 3 atom stereocenters. The lowest BCUT2D eigenvalue weighted by Crippen LogP contribution is -2.17. The van der Waals surface area contributed by atoms with Crippen molar-refractivity contribution in [2.24, 2.45) is 5.92 Å². The number of ether oxygens (including phenoxy) is 1. The average molecular weight is 272 g/mol. The number of rotatable bonds is 5. The molecule has 0 aliphatic carbocycles. The summed E-state index contributed by atoms with van der Waals surface area (Å²) in [6.45, 7) is 1.84. The molecule has 0 aromatic heterocycles. The largest absolute Gasteiger partial charge is 0.497 e. The summed E-state index contributed by atoms with van der Waals surface area (Å²) in [5.41, 5.74) is 1.58. The maximum atomic E-state index is 10.4. The molecule has 2 aromatic rings. The third-order valence-corrected chi connectivity index (χ3v) is 3.59. The molecule has 2 aromatic carbocycles. The normalized spacial score (nSPS) is 15.4. The number of aliphatic hydroxyl groups is 2. The number of aliphatic hydroxyl groups excluding tert-OH is 2. The van der Waals surface area contributed by atoms with Crippen LogP contribution in [0.3, 0.4) is 0 Å². The highest BCUT2D eigenvalue weighted by atomic mass is 16.5. The summed E-state index contributed by atoms with van der Waals surface area (Å²) in [5, 5.41) is 20.7. The van der Waals surface area contributed by atoms with Gasteiger partial charge in [0, 0.05) is 5.92 Å².